The quantitative estimate of drug-likeness (QED) is 0.778. The topological polar surface area (TPSA) is 37.9 Å². The van der Waals surface area contributed by atoms with Crippen LogP contribution in [0.5, 0.6) is 0 Å². The van der Waals surface area contributed by atoms with E-state index in [4.69, 9.17) is 4.74 Å². The molecule has 2 rings (SSSR count). The standard InChI is InChI=1S/C8H12N2OS2/c1-3-12-8(13-4-2-11-1)7-5-9-10-6-7/h5-6,8H,1-4H2,(H,9,10). The van der Waals surface area contributed by atoms with Gasteiger partial charge in [-0.25, -0.2) is 0 Å². The van der Waals surface area contributed by atoms with Crippen LogP contribution in [0.1, 0.15) is 10.1 Å². The number of aromatic nitrogens is 2. The molecule has 1 fully saturated rings. The Hall–Kier alpha value is -0.130. The molecule has 0 radical (unpaired) electrons. The minimum atomic E-state index is 0.530. The van der Waals surface area contributed by atoms with E-state index in [0.29, 0.717) is 4.58 Å². The van der Waals surface area contributed by atoms with Gasteiger partial charge in [-0.2, -0.15) is 5.10 Å². The fraction of sp³-hybridized carbons (Fsp3) is 0.625. The molecule has 0 saturated carbocycles. The molecule has 13 heavy (non-hydrogen) atoms. The Kier molecular flexibility index (Phi) is 3.57. The highest BCUT2D eigenvalue weighted by molar-refractivity contribution is 8.16. The van der Waals surface area contributed by atoms with Gasteiger partial charge >= 0.3 is 0 Å². The molecule has 1 aromatic heterocycles. The second kappa shape index (κ2) is 4.93. The Morgan fingerprint density at radius 1 is 1.38 bits per heavy atom. The third-order valence-corrected chi connectivity index (χ3v) is 4.56. The molecule has 1 aliphatic rings. The van der Waals surface area contributed by atoms with E-state index in [9.17, 15) is 0 Å². The number of H-pyrrole nitrogens is 1. The first-order valence-corrected chi connectivity index (χ1v) is 6.36. The van der Waals surface area contributed by atoms with Crippen LogP contribution in [-0.2, 0) is 4.74 Å². The summed E-state index contributed by atoms with van der Waals surface area (Å²) in [7, 11) is 0. The van der Waals surface area contributed by atoms with Crippen LogP contribution < -0.4 is 0 Å². The lowest BCUT2D eigenvalue weighted by atomic mass is 10.4. The largest absolute Gasteiger partial charge is 0.380 e. The summed E-state index contributed by atoms with van der Waals surface area (Å²) in [4.78, 5) is 0. The lowest BCUT2D eigenvalue weighted by molar-refractivity contribution is 0.166. The molecule has 0 aliphatic carbocycles. The first kappa shape index (κ1) is 9.43. The molecule has 0 spiro atoms. The Labute approximate surface area is 86.0 Å². The predicted molar refractivity (Wildman–Crippen MR) is 57.1 cm³/mol. The number of nitrogens with one attached hydrogen (secondary N) is 1. The summed E-state index contributed by atoms with van der Waals surface area (Å²) in [6.45, 7) is 1.75. The summed E-state index contributed by atoms with van der Waals surface area (Å²) < 4.78 is 5.91. The molecule has 1 N–H and O–H groups in total. The van der Waals surface area contributed by atoms with Gasteiger partial charge in [0, 0.05) is 23.3 Å². The lowest BCUT2D eigenvalue weighted by Gasteiger charge is -2.17. The van der Waals surface area contributed by atoms with Crippen LogP contribution in [0.25, 0.3) is 0 Å². The van der Waals surface area contributed by atoms with Crippen molar-refractivity contribution in [2.45, 2.75) is 4.58 Å². The van der Waals surface area contributed by atoms with Gasteiger partial charge in [-0.05, 0) is 0 Å². The van der Waals surface area contributed by atoms with E-state index >= 15 is 0 Å². The van der Waals surface area contributed by atoms with Gasteiger partial charge < -0.3 is 4.74 Å². The Bertz CT molecular complexity index is 232. The minimum absolute atomic E-state index is 0.530. The van der Waals surface area contributed by atoms with E-state index < -0.39 is 0 Å². The Balaban J connectivity index is 1.96. The predicted octanol–water partition coefficient (Wildman–Crippen LogP) is 1.90. The van der Waals surface area contributed by atoms with Crippen LogP contribution >= 0.6 is 23.5 Å². The van der Waals surface area contributed by atoms with Crippen LogP contribution in [0.15, 0.2) is 12.4 Å². The van der Waals surface area contributed by atoms with Gasteiger partial charge in [0.05, 0.1) is 24.0 Å². The number of ether oxygens (including phenoxy) is 1. The van der Waals surface area contributed by atoms with E-state index in [1.165, 1.54) is 5.56 Å². The van der Waals surface area contributed by atoms with Crippen LogP contribution in [0, 0.1) is 0 Å². The number of nitrogens with zero attached hydrogens (tertiary/aromatic N) is 1. The highest BCUT2D eigenvalue weighted by Crippen LogP contribution is 2.39. The molecule has 3 nitrogen and oxygen atoms in total. The summed E-state index contributed by atoms with van der Waals surface area (Å²) in [6.07, 6.45) is 3.89. The van der Waals surface area contributed by atoms with E-state index in [0.717, 1.165) is 24.7 Å². The highest BCUT2D eigenvalue weighted by Gasteiger charge is 2.14. The number of thioether (sulfide) groups is 2. The fourth-order valence-corrected chi connectivity index (χ4v) is 3.62. The number of hydrogen-bond acceptors (Lipinski definition) is 4. The van der Waals surface area contributed by atoms with Crippen molar-refractivity contribution in [3.63, 3.8) is 0 Å². The molecule has 0 aromatic carbocycles. The van der Waals surface area contributed by atoms with Gasteiger partial charge in [-0.3, -0.25) is 5.10 Å². The summed E-state index contributed by atoms with van der Waals surface area (Å²) in [5, 5.41) is 6.82. The van der Waals surface area contributed by atoms with Gasteiger partial charge in [-0.1, -0.05) is 0 Å². The molecule has 1 aliphatic heterocycles. The maximum Gasteiger partial charge on any atom is 0.0783 e. The number of aromatic amines is 1. The molecule has 72 valence electrons. The summed E-state index contributed by atoms with van der Waals surface area (Å²) >= 11 is 3.87. The summed E-state index contributed by atoms with van der Waals surface area (Å²) in [5.41, 5.74) is 1.29. The van der Waals surface area contributed by atoms with Crippen molar-refractivity contribution in [2.24, 2.45) is 0 Å². The molecule has 0 bridgehead atoms. The maximum absolute atomic E-state index is 5.38. The first-order chi connectivity index (χ1) is 6.47. The van der Waals surface area contributed by atoms with Crippen molar-refractivity contribution in [3.8, 4) is 0 Å². The highest BCUT2D eigenvalue weighted by atomic mass is 32.2. The van der Waals surface area contributed by atoms with Crippen molar-refractivity contribution in [1.82, 2.24) is 10.2 Å². The third kappa shape index (κ3) is 2.65. The molecule has 0 amide bonds. The van der Waals surface area contributed by atoms with E-state index in [1.807, 2.05) is 35.9 Å². The number of rotatable bonds is 1. The monoisotopic (exact) mass is 216 g/mol. The van der Waals surface area contributed by atoms with Gasteiger partial charge in [-0.15, -0.1) is 23.5 Å². The maximum atomic E-state index is 5.38. The zero-order valence-electron chi connectivity index (χ0n) is 7.23. The summed E-state index contributed by atoms with van der Waals surface area (Å²) in [6, 6.07) is 0. The molecule has 0 unspecified atom stereocenters. The van der Waals surface area contributed by atoms with Gasteiger partial charge in [0.1, 0.15) is 0 Å². The second-order valence-electron chi connectivity index (χ2n) is 2.72. The SMILES string of the molecule is c1n[nH]cc1C1SCCOCCS1. The molecular formula is C8H12N2OS2. The van der Waals surface area contributed by atoms with Crippen LogP contribution in [0.4, 0.5) is 0 Å². The van der Waals surface area contributed by atoms with Crippen LogP contribution in [0.2, 0.25) is 0 Å². The molecule has 1 aromatic rings. The zero-order chi connectivity index (χ0) is 8.93. The third-order valence-electron chi connectivity index (χ3n) is 1.79. The first-order valence-electron chi connectivity index (χ1n) is 4.26. The minimum Gasteiger partial charge on any atom is -0.380 e. The second-order valence-corrected chi connectivity index (χ2v) is 5.44. The number of hydrogen-bond donors (Lipinski definition) is 1. The van der Waals surface area contributed by atoms with Crippen molar-refractivity contribution < 1.29 is 4.74 Å². The van der Waals surface area contributed by atoms with Crippen molar-refractivity contribution >= 4 is 23.5 Å². The van der Waals surface area contributed by atoms with Crippen molar-refractivity contribution in [1.29, 1.82) is 0 Å². The molecule has 5 heteroatoms. The fourth-order valence-electron chi connectivity index (χ4n) is 1.16. The van der Waals surface area contributed by atoms with Gasteiger partial charge in [0.25, 0.3) is 0 Å². The van der Waals surface area contributed by atoms with E-state index in [2.05, 4.69) is 10.2 Å². The Morgan fingerprint density at radius 3 is 2.77 bits per heavy atom. The molecular weight excluding hydrogens is 204 g/mol. The average molecular weight is 216 g/mol. The smallest absolute Gasteiger partial charge is 0.0783 e. The van der Waals surface area contributed by atoms with Gasteiger partial charge in [0.15, 0.2) is 0 Å². The molecule has 2 heterocycles. The van der Waals surface area contributed by atoms with Gasteiger partial charge in [0.2, 0.25) is 0 Å². The van der Waals surface area contributed by atoms with Crippen molar-refractivity contribution in [3.05, 3.63) is 18.0 Å². The van der Waals surface area contributed by atoms with Crippen LogP contribution in [0.3, 0.4) is 0 Å². The Morgan fingerprint density at radius 2 is 2.15 bits per heavy atom. The average Bonchev–Trinajstić information content (AvgIpc) is 2.55. The normalized spacial score (nSPS) is 20.9. The lowest BCUT2D eigenvalue weighted by Crippen LogP contribution is -2.07. The molecule has 1 saturated heterocycles. The zero-order valence-corrected chi connectivity index (χ0v) is 8.87. The van der Waals surface area contributed by atoms with Crippen LogP contribution in [-0.4, -0.2) is 34.9 Å². The molecule has 0 atom stereocenters. The van der Waals surface area contributed by atoms with E-state index in [1.54, 1.807) is 0 Å². The van der Waals surface area contributed by atoms with E-state index in [-0.39, 0.29) is 0 Å². The van der Waals surface area contributed by atoms with Crippen molar-refractivity contribution in [2.75, 3.05) is 24.7 Å². The summed E-state index contributed by atoms with van der Waals surface area (Å²) in [5.74, 6) is 2.14.